The summed E-state index contributed by atoms with van der Waals surface area (Å²) in [5.41, 5.74) is 10.9. The summed E-state index contributed by atoms with van der Waals surface area (Å²) in [5.74, 6) is -2.81. The number of hydrogen-bond donors (Lipinski definition) is 4. The predicted octanol–water partition coefficient (Wildman–Crippen LogP) is -0.498. The van der Waals surface area contributed by atoms with Gasteiger partial charge in [0.25, 0.3) is 0 Å². The Morgan fingerprint density at radius 2 is 1.92 bits per heavy atom. The third-order valence-corrected chi connectivity index (χ3v) is 4.48. The Balaban J connectivity index is 3.16. The Hall–Kier alpha value is -2.32. The predicted molar refractivity (Wildman–Crippen MR) is 93.6 cm³/mol. The van der Waals surface area contributed by atoms with Crippen LogP contribution in [0.25, 0.3) is 0 Å². The molecule has 0 spiro atoms. The molecular weight excluding hydrogens is 326 g/mol. The van der Waals surface area contributed by atoms with E-state index in [0.29, 0.717) is 13.1 Å². The molecule has 1 rings (SSSR count). The highest BCUT2D eigenvalue weighted by molar-refractivity contribution is 5.87. The number of hydrogen-bond acceptors (Lipinski definition) is 4. The van der Waals surface area contributed by atoms with E-state index in [1.807, 2.05) is 13.8 Å². The smallest absolute Gasteiger partial charge is 0.306 e. The number of carboxylic acid groups (broad SMARTS) is 1. The number of likely N-dealkylation sites (N-methyl/N-ethyl adjacent to an activating group) is 1. The monoisotopic (exact) mass is 355 g/mol. The number of aliphatic imine (C=N–C) groups is 1. The molecule has 0 radical (unpaired) electrons. The van der Waals surface area contributed by atoms with Crippen LogP contribution in [0.5, 0.6) is 0 Å². The molecule has 9 heteroatoms. The molecule has 2 amide bonds. The van der Waals surface area contributed by atoms with E-state index in [2.05, 4.69) is 10.3 Å². The number of rotatable bonds is 8. The Bertz CT molecular complexity index is 533. The van der Waals surface area contributed by atoms with Crippen LogP contribution in [0.4, 0.5) is 0 Å². The second-order valence-electron chi connectivity index (χ2n) is 6.39. The molecule has 1 aliphatic rings. The van der Waals surface area contributed by atoms with Gasteiger partial charge in [0.1, 0.15) is 6.04 Å². The van der Waals surface area contributed by atoms with Gasteiger partial charge in [0.05, 0.1) is 12.0 Å². The normalized spacial score (nSPS) is 23.6. The minimum absolute atomic E-state index is 0.157. The molecule has 0 heterocycles. The maximum absolute atomic E-state index is 12.9. The van der Waals surface area contributed by atoms with Gasteiger partial charge < -0.3 is 26.8 Å². The Labute approximate surface area is 147 Å². The van der Waals surface area contributed by atoms with Crippen molar-refractivity contribution in [2.24, 2.45) is 28.3 Å². The van der Waals surface area contributed by atoms with E-state index < -0.39 is 29.9 Å². The second-order valence-corrected chi connectivity index (χ2v) is 6.39. The standard InChI is InChI=1S/C16H29N5O4/c1-4-6-21(5-2)14(23)13(19-9(3)22)11-7-10(15(24)25)8-12(11)20-16(17)18/h10-13H,4-8H2,1-3H3,(H,19,22)(H,24,25)(H4,17,18,20). The van der Waals surface area contributed by atoms with Gasteiger partial charge in [-0.05, 0) is 26.2 Å². The van der Waals surface area contributed by atoms with Gasteiger partial charge in [-0.25, -0.2) is 4.99 Å². The van der Waals surface area contributed by atoms with E-state index in [1.165, 1.54) is 6.92 Å². The first-order valence-electron chi connectivity index (χ1n) is 8.58. The number of amides is 2. The Morgan fingerprint density at radius 3 is 2.36 bits per heavy atom. The average molecular weight is 355 g/mol. The highest BCUT2D eigenvalue weighted by atomic mass is 16.4. The lowest BCUT2D eigenvalue weighted by molar-refractivity contribution is -0.142. The Kier molecular flexibility index (Phi) is 7.66. The molecule has 0 bridgehead atoms. The minimum atomic E-state index is -0.951. The highest BCUT2D eigenvalue weighted by Gasteiger charge is 2.45. The van der Waals surface area contributed by atoms with Gasteiger partial charge in [0.2, 0.25) is 11.8 Å². The summed E-state index contributed by atoms with van der Waals surface area (Å²) in [6.07, 6.45) is 1.25. The van der Waals surface area contributed by atoms with Gasteiger partial charge in [-0.15, -0.1) is 0 Å². The van der Waals surface area contributed by atoms with Gasteiger partial charge in [-0.1, -0.05) is 6.92 Å². The summed E-state index contributed by atoms with van der Waals surface area (Å²) >= 11 is 0. The van der Waals surface area contributed by atoms with Crippen molar-refractivity contribution in [1.82, 2.24) is 10.2 Å². The summed E-state index contributed by atoms with van der Waals surface area (Å²) < 4.78 is 0. The number of carbonyl (C=O) groups excluding carboxylic acids is 2. The Morgan fingerprint density at radius 1 is 1.28 bits per heavy atom. The van der Waals surface area contributed by atoms with E-state index >= 15 is 0 Å². The molecule has 0 aromatic heterocycles. The van der Waals surface area contributed by atoms with Crippen molar-refractivity contribution < 1.29 is 19.5 Å². The fourth-order valence-electron chi connectivity index (χ4n) is 3.41. The lowest BCUT2D eigenvalue weighted by atomic mass is 9.92. The van der Waals surface area contributed by atoms with E-state index in [1.54, 1.807) is 4.90 Å². The third-order valence-electron chi connectivity index (χ3n) is 4.48. The van der Waals surface area contributed by atoms with E-state index in [-0.39, 0.29) is 30.6 Å². The number of nitrogens with one attached hydrogen (secondary N) is 1. The molecule has 142 valence electrons. The minimum Gasteiger partial charge on any atom is -0.481 e. The van der Waals surface area contributed by atoms with Gasteiger partial charge in [0, 0.05) is 25.9 Å². The molecule has 9 nitrogen and oxygen atoms in total. The van der Waals surface area contributed by atoms with Crippen LogP contribution in [0.1, 0.15) is 40.0 Å². The molecule has 4 unspecified atom stereocenters. The zero-order chi connectivity index (χ0) is 19.1. The zero-order valence-corrected chi connectivity index (χ0v) is 15.1. The number of carboxylic acids is 1. The van der Waals surface area contributed by atoms with Crippen LogP contribution in [0.2, 0.25) is 0 Å². The summed E-state index contributed by atoms with van der Waals surface area (Å²) in [4.78, 5) is 41.8. The highest BCUT2D eigenvalue weighted by Crippen LogP contribution is 2.36. The van der Waals surface area contributed by atoms with Crippen LogP contribution in [0.3, 0.4) is 0 Å². The van der Waals surface area contributed by atoms with Crippen LogP contribution in [-0.4, -0.2) is 58.9 Å². The molecule has 4 atom stereocenters. The van der Waals surface area contributed by atoms with Crippen molar-refractivity contribution in [3.8, 4) is 0 Å². The first kappa shape index (κ1) is 20.7. The largest absolute Gasteiger partial charge is 0.481 e. The van der Waals surface area contributed by atoms with Crippen LogP contribution in [-0.2, 0) is 14.4 Å². The maximum atomic E-state index is 12.9. The van der Waals surface area contributed by atoms with Crippen molar-refractivity contribution in [3.05, 3.63) is 0 Å². The number of nitrogens with zero attached hydrogens (tertiary/aromatic N) is 2. The molecule has 1 saturated carbocycles. The van der Waals surface area contributed by atoms with E-state index in [4.69, 9.17) is 11.5 Å². The second kappa shape index (κ2) is 9.24. The number of nitrogens with two attached hydrogens (primary N) is 2. The summed E-state index contributed by atoms with van der Waals surface area (Å²) in [6.45, 7) is 6.22. The molecule has 0 aliphatic heterocycles. The lowest BCUT2D eigenvalue weighted by Crippen LogP contribution is -2.53. The topological polar surface area (TPSA) is 151 Å². The van der Waals surface area contributed by atoms with Crippen molar-refractivity contribution >= 4 is 23.7 Å². The van der Waals surface area contributed by atoms with Gasteiger partial charge in [0.15, 0.2) is 5.96 Å². The molecule has 0 saturated heterocycles. The molecule has 0 aromatic rings. The van der Waals surface area contributed by atoms with Crippen LogP contribution < -0.4 is 16.8 Å². The summed E-state index contributed by atoms with van der Waals surface area (Å²) in [6, 6.07) is -1.37. The SMILES string of the molecule is CCCN(CC)C(=O)C(NC(C)=O)C1CC(C(=O)O)CC1N=C(N)N. The molecular formula is C16H29N5O4. The molecule has 0 aromatic carbocycles. The molecule has 1 fully saturated rings. The van der Waals surface area contributed by atoms with Crippen LogP contribution in [0.15, 0.2) is 4.99 Å². The van der Waals surface area contributed by atoms with Crippen LogP contribution >= 0.6 is 0 Å². The van der Waals surface area contributed by atoms with Crippen LogP contribution in [0, 0.1) is 11.8 Å². The van der Waals surface area contributed by atoms with Gasteiger partial charge in [-0.2, -0.15) is 0 Å². The number of guanidine groups is 1. The first-order valence-corrected chi connectivity index (χ1v) is 8.58. The zero-order valence-electron chi connectivity index (χ0n) is 15.1. The number of carbonyl (C=O) groups is 3. The maximum Gasteiger partial charge on any atom is 0.306 e. The third kappa shape index (κ3) is 5.61. The first-order chi connectivity index (χ1) is 11.7. The fraction of sp³-hybridized carbons (Fsp3) is 0.750. The quantitative estimate of drug-likeness (QED) is 0.340. The van der Waals surface area contributed by atoms with Gasteiger partial charge in [-0.3, -0.25) is 14.4 Å². The lowest BCUT2D eigenvalue weighted by Gasteiger charge is -2.31. The fourth-order valence-corrected chi connectivity index (χ4v) is 3.41. The van der Waals surface area contributed by atoms with Gasteiger partial charge >= 0.3 is 5.97 Å². The van der Waals surface area contributed by atoms with Crippen molar-refractivity contribution in [2.75, 3.05) is 13.1 Å². The molecule has 1 aliphatic carbocycles. The van der Waals surface area contributed by atoms with Crippen molar-refractivity contribution in [3.63, 3.8) is 0 Å². The number of aliphatic carboxylic acids is 1. The summed E-state index contributed by atoms with van der Waals surface area (Å²) in [5, 5.41) is 12.0. The van der Waals surface area contributed by atoms with E-state index in [0.717, 1.165) is 6.42 Å². The van der Waals surface area contributed by atoms with Crippen molar-refractivity contribution in [2.45, 2.75) is 52.1 Å². The molecule has 25 heavy (non-hydrogen) atoms. The average Bonchev–Trinajstić information content (AvgIpc) is 2.92. The summed E-state index contributed by atoms with van der Waals surface area (Å²) in [7, 11) is 0. The van der Waals surface area contributed by atoms with E-state index in [9.17, 15) is 19.5 Å². The molecule has 6 N–H and O–H groups in total. The van der Waals surface area contributed by atoms with Crippen molar-refractivity contribution in [1.29, 1.82) is 0 Å².